The molecule has 3 rings (SSSR count). The summed E-state index contributed by atoms with van der Waals surface area (Å²) < 4.78 is 0.000000000000000888. The third-order valence-corrected chi connectivity index (χ3v) is 4.45. The monoisotopic (exact) mass is 610 g/mol. The Kier molecular flexibility index (Phi) is 14.2. The zero-order valence-corrected chi connectivity index (χ0v) is 22.0. The third kappa shape index (κ3) is 11.7. The van der Waals surface area contributed by atoms with E-state index in [0.717, 1.165) is 11.1 Å². The first-order chi connectivity index (χ1) is 12.8. The van der Waals surface area contributed by atoms with Gasteiger partial charge in [-0.15, -0.1) is 5.73 Å². The van der Waals surface area contributed by atoms with Crippen molar-refractivity contribution in [1.29, 1.82) is 0 Å². The number of aryl methyl sites for hydroxylation is 2. The van der Waals surface area contributed by atoms with Crippen LogP contribution in [0.4, 0.5) is 0 Å². The van der Waals surface area contributed by atoms with Crippen LogP contribution in [0.5, 0.6) is 0 Å². The van der Waals surface area contributed by atoms with E-state index in [0.29, 0.717) is 0 Å². The summed E-state index contributed by atoms with van der Waals surface area (Å²) in [6, 6.07) is 14.9. The van der Waals surface area contributed by atoms with Gasteiger partial charge in [0.1, 0.15) is 0 Å². The van der Waals surface area contributed by atoms with E-state index in [2.05, 4.69) is 44.7 Å². The van der Waals surface area contributed by atoms with E-state index in [1.165, 1.54) is 16.7 Å². The zero-order chi connectivity index (χ0) is 20.2. The molecule has 0 unspecified atom stereocenters. The molecular formula is C23H21O2SbSe2-2. The average molecular weight is 609 g/mol. The minimum atomic E-state index is 0. The van der Waals surface area contributed by atoms with Crippen molar-refractivity contribution < 1.29 is 9.59 Å². The summed E-state index contributed by atoms with van der Waals surface area (Å²) in [5.41, 5.74) is 8.02. The van der Waals surface area contributed by atoms with Crippen molar-refractivity contribution in [3.63, 3.8) is 0 Å². The molecule has 144 valence electrons. The van der Waals surface area contributed by atoms with Gasteiger partial charge in [0.2, 0.25) is 0 Å². The van der Waals surface area contributed by atoms with Crippen LogP contribution in [0.3, 0.4) is 0 Å². The first-order valence-electron chi connectivity index (χ1n) is 8.28. The molecule has 0 fully saturated rings. The van der Waals surface area contributed by atoms with E-state index in [9.17, 15) is 9.59 Å². The number of carbonyl (C=O) groups is 2. The average Bonchev–Trinajstić information content (AvgIpc) is 2.64. The SMILES string of the molecule is CC1=CC=C=C[CH]1.Cc1ccc(C(=O)[Se-])cc1.Cc1ccc(C(=O)[Se-])cc1.[Sb]. The van der Waals surface area contributed by atoms with E-state index in [1.807, 2.05) is 87.0 Å². The van der Waals surface area contributed by atoms with Crippen LogP contribution in [0.25, 0.3) is 0 Å². The molecule has 28 heavy (non-hydrogen) atoms. The van der Waals surface area contributed by atoms with Crippen molar-refractivity contribution in [2.24, 2.45) is 0 Å². The minimum Gasteiger partial charge on any atom is 0 e. The fourth-order valence-electron chi connectivity index (χ4n) is 1.85. The summed E-state index contributed by atoms with van der Waals surface area (Å²) in [7, 11) is 0. The number of hydrogen-bond donors (Lipinski definition) is 0. The smallest absolute Gasteiger partial charge is 0 e. The summed E-state index contributed by atoms with van der Waals surface area (Å²) in [4.78, 5) is 21.4. The quantitative estimate of drug-likeness (QED) is 0.380. The van der Waals surface area contributed by atoms with Crippen LogP contribution in [0.1, 0.15) is 38.8 Å². The molecule has 0 spiro atoms. The first-order valence-corrected chi connectivity index (χ1v) is 9.99. The molecule has 2 aromatic carbocycles. The van der Waals surface area contributed by atoms with Gasteiger partial charge in [-0.05, 0) is 19.1 Å². The van der Waals surface area contributed by atoms with Gasteiger partial charge >= 0.3 is 136 Å². The summed E-state index contributed by atoms with van der Waals surface area (Å²) in [6.45, 7) is 6.05. The van der Waals surface area contributed by atoms with E-state index >= 15 is 0 Å². The second-order valence-corrected chi connectivity index (χ2v) is 7.44. The van der Waals surface area contributed by atoms with Gasteiger partial charge in [0.15, 0.2) is 0 Å². The van der Waals surface area contributed by atoms with Gasteiger partial charge in [-0.2, -0.15) is 0 Å². The molecular weight excluding hydrogens is 588 g/mol. The second-order valence-electron chi connectivity index (χ2n) is 5.88. The maximum absolute atomic E-state index is 10.7. The normalized spacial score (nSPS) is 10.9. The molecule has 0 bridgehead atoms. The largest absolute Gasteiger partial charge is 0 e. The van der Waals surface area contributed by atoms with Crippen LogP contribution >= 0.6 is 0 Å². The van der Waals surface area contributed by atoms with Gasteiger partial charge in [-0.25, -0.2) is 0 Å². The molecule has 0 saturated carbocycles. The van der Waals surface area contributed by atoms with E-state index in [4.69, 9.17) is 0 Å². The van der Waals surface area contributed by atoms with Crippen molar-refractivity contribution in [1.82, 2.24) is 0 Å². The molecule has 1 aliphatic carbocycles. The summed E-state index contributed by atoms with van der Waals surface area (Å²) in [5.74, 6) is 0. The van der Waals surface area contributed by atoms with Crippen molar-refractivity contribution in [3.8, 4) is 0 Å². The van der Waals surface area contributed by atoms with Crippen molar-refractivity contribution in [2.75, 3.05) is 0 Å². The maximum atomic E-state index is 10.7. The molecule has 0 heterocycles. The number of benzene rings is 2. The molecule has 1 aliphatic rings. The van der Waals surface area contributed by atoms with E-state index in [1.54, 1.807) is 0 Å². The number of rotatable bonds is 2. The second kappa shape index (κ2) is 14.8. The zero-order valence-electron chi connectivity index (χ0n) is 16.0. The fraction of sp³-hybridized carbons (Fsp3) is 0.130. The van der Waals surface area contributed by atoms with Crippen molar-refractivity contribution >= 4 is 65.8 Å². The van der Waals surface area contributed by atoms with Crippen LogP contribution in [0.2, 0.25) is 0 Å². The summed E-state index contributed by atoms with van der Waals surface area (Å²) in [6.07, 6.45) is 7.88. The summed E-state index contributed by atoms with van der Waals surface area (Å²) >= 11 is 4.87. The van der Waals surface area contributed by atoms with Crippen LogP contribution in [0.15, 0.2) is 78.1 Å². The topological polar surface area (TPSA) is 34.1 Å². The third-order valence-electron chi connectivity index (χ3n) is 3.46. The van der Waals surface area contributed by atoms with Gasteiger partial charge in [0.05, 0.1) is 0 Å². The molecule has 4 radical (unpaired) electrons. The molecule has 0 aliphatic heterocycles. The number of allylic oxidation sites excluding steroid dienone is 3. The van der Waals surface area contributed by atoms with Crippen LogP contribution in [0, 0.1) is 20.3 Å². The van der Waals surface area contributed by atoms with E-state index < -0.39 is 0 Å². The maximum Gasteiger partial charge on any atom is 0 e. The van der Waals surface area contributed by atoms with E-state index in [-0.39, 0.29) is 33.8 Å². The fourth-order valence-corrected chi connectivity index (χ4v) is 2.42. The molecule has 2 aromatic rings. The Morgan fingerprint density at radius 1 is 0.714 bits per heavy atom. The molecule has 2 nitrogen and oxygen atoms in total. The van der Waals surface area contributed by atoms with Gasteiger partial charge in [-0.3, -0.25) is 0 Å². The molecule has 0 atom stereocenters. The first kappa shape index (κ1) is 26.9. The van der Waals surface area contributed by atoms with Gasteiger partial charge in [0.25, 0.3) is 0 Å². The van der Waals surface area contributed by atoms with Crippen LogP contribution in [-0.4, -0.2) is 65.8 Å². The Labute approximate surface area is 201 Å². The van der Waals surface area contributed by atoms with Crippen LogP contribution < -0.4 is 0 Å². The number of carbonyl (C=O) groups excluding carboxylic acids is 2. The Morgan fingerprint density at radius 2 is 1.11 bits per heavy atom. The Balaban J connectivity index is 0.000000390. The van der Waals surface area contributed by atoms with Gasteiger partial charge < -0.3 is 0 Å². The Morgan fingerprint density at radius 3 is 1.32 bits per heavy atom. The Hall–Kier alpha value is -1.10. The standard InChI is InChI=1S/2C8H8OSe.C7H7.Sb/c2*1-6-2-4-7(5-3-6)8(9)10;1-7-5-3-2-4-6-7;/h2*2-5H,1H3,(H,9,10);3-6H,1H3;/p-2. The molecule has 0 amide bonds. The van der Waals surface area contributed by atoms with Crippen LogP contribution in [-0.2, 0) is 0 Å². The molecule has 5 heteroatoms. The predicted octanol–water partition coefficient (Wildman–Crippen LogP) is 4.09. The van der Waals surface area contributed by atoms with Gasteiger partial charge in [-0.1, -0.05) is 11.6 Å². The minimum absolute atomic E-state index is 0. The van der Waals surface area contributed by atoms with Crippen molar-refractivity contribution in [2.45, 2.75) is 20.8 Å². The molecule has 0 saturated heterocycles. The molecule has 0 N–H and O–H groups in total. The molecule has 0 aromatic heterocycles. The van der Waals surface area contributed by atoms with Gasteiger partial charge in [0, 0.05) is 30.8 Å². The van der Waals surface area contributed by atoms with Crippen molar-refractivity contribution in [3.05, 3.63) is 107 Å². The summed E-state index contributed by atoms with van der Waals surface area (Å²) in [5, 5.41) is 0. The predicted molar refractivity (Wildman–Crippen MR) is 119 cm³/mol. The number of hydrogen-bond acceptors (Lipinski definition) is 2. The Bertz CT molecular complexity index is 805.